The Morgan fingerprint density at radius 1 is 1.12 bits per heavy atom. The topological polar surface area (TPSA) is 107 Å². The standard InChI is InChI=1S/C19H17N3O4/c20-17(23)12-25-16-8-4-7-14(9-16)18(24)21-10-15-11-26-19(22-15)13-5-2-1-3-6-13/h1-9,11H,10,12H2,(H2,20,23)(H,21,24). The number of rotatable bonds is 7. The van der Waals surface area contributed by atoms with Gasteiger partial charge in [-0.3, -0.25) is 9.59 Å². The zero-order valence-corrected chi connectivity index (χ0v) is 13.8. The number of amides is 2. The van der Waals surface area contributed by atoms with Gasteiger partial charge >= 0.3 is 0 Å². The summed E-state index contributed by atoms with van der Waals surface area (Å²) in [7, 11) is 0. The van der Waals surface area contributed by atoms with Crippen molar-refractivity contribution in [3.05, 3.63) is 72.1 Å². The van der Waals surface area contributed by atoms with Crippen molar-refractivity contribution >= 4 is 11.8 Å². The van der Waals surface area contributed by atoms with E-state index in [0.717, 1.165) is 5.56 Å². The summed E-state index contributed by atoms with van der Waals surface area (Å²) >= 11 is 0. The van der Waals surface area contributed by atoms with Gasteiger partial charge in [0.1, 0.15) is 12.0 Å². The number of nitrogens with one attached hydrogen (secondary N) is 1. The zero-order valence-electron chi connectivity index (χ0n) is 13.8. The number of aromatic nitrogens is 1. The minimum absolute atomic E-state index is 0.224. The molecule has 1 aromatic heterocycles. The van der Waals surface area contributed by atoms with E-state index in [9.17, 15) is 9.59 Å². The quantitative estimate of drug-likeness (QED) is 0.678. The lowest BCUT2D eigenvalue weighted by molar-refractivity contribution is -0.119. The van der Waals surface area contributed by atoms with Crippen molar-refractivity contribution in [1.82, 2.24) is 10.3 Å². The lowest BCUT2D eigenvalue weighted by atomic mass is 10.2. The van der Waals surface area contributed by atoms with Gasteiger partial charge < -0.3 is 20.2 Å². The van der Waals surface area contributed by atoms with Crippen LogP contribution in [0.4, 0.5) is 0 Å². The SMILES string of the molecule is NC(=O)COc1cccc(C(=O)NCc2coc(-c3ccccc3)n2)c1. The van der Waals surface area contributed by atoms with Crippen molar-refractivity contribution in [1.29, 1.82) is 0 Å². The number of primary amides is 1. The Kier molecular flexibility index (Phi) is 5.28. The molecule has 0 unspecified atom stereocenters. The van der Waals surface area contributed by atoms with Gasteiger partial charge in [0.2, 0.25) is 5.89 Å². The highest BCUT2D eigenvalue weighted by Crippen LogP contribution is 2.18. The van der Waals surface area contributed by atoms with Gasteiger partial charge in [-0.1, -0.05) is 24.3 Å². The van der Waals surface area contributed by atoms with Gasteiger partial charge in [-0.15, -0.1) is 0 Å². The fourth-order valence-electron chi connectivity index (χ4n) is 2.26. The molecule has 2 aromatic carbocycles. The maximum atomic E-state index is 12.3. The highest BCUT2D eigenvalue weighted by molar-refractivity contribution is 5.94. The molecule has 3 N–H and O–H groups in total. The Morgan fingerprint density at radius 2 is 1.92 bits per heavy atom. The van der Waals surface area contributed by atoms with Crippen LogP contribution in [0, 0.1) is 0 Å². The third-order valence-electron chi connectivity index (χ3n) is 3.48. The molecule has 0 bridgehead atoms. The van der Waals surface area contributed by atoms with Crippen molar-refractivity contribution in [2.45, 2.75) is 6.54 Å². The van der Waals surface area contributed by atoms with Gasteiger partial charge in [-0.05, 0) is 30.3 Å². The Morgan fingerprint density at radius 3 is 2.69 bits per heavy atom. The second-order valence-electron chi connectivity index (χ2n) is 5.48. The summed E-state index contributed by atoms with van der Waals surface area (Å²) in [6, 6.07) is 16.0. The maximum absolute atomic E-state index is 12.3. The molecule has 2 amide bonds. The van der Waals surface area contributed by atoms with Crippen LogP contribution in [0.2, 0.25) is 0 Å². The van der Waals surface area contributed by atoms with Gasteiger partial charge in [-0.25, -0.2) is 4.98 Å². The predicted molar refractivity (Wildman–Crippen MR) is 94.2 cm³/mol. The molecule has 0 spiro atoms. The van der Waals surface area contributed by atoms with E-state index in [0.29, 0.717) is 22.9 Å². The molecule has 0 radical (unpaired) electrons. The first-order valence-electron chi connectivity index (χ1n) is 7.91. The Hall–Kier alpha value is -3.61. The molecule has 0 saturated carbocycles. The number of carbonyl (C=O) groups is 2. The molecule has 0 atom stereocenters. The smallest absolute Gasteiger partial charge is 0.255 e. The highest BCUT2D eigenvalue weighted by atomic mass is 16.5. The monoisotopic (exact) mass is 351 g/mol. The molecule has 0 aliphatic rings. The summed E-state index contributed by atoms with van der Waals surface area (Å²) in [5, 5.41) is 2.76. The molecule has 0 saturated heterocycles. The normalized spacial score (nSPS) is 10.3. The third kappa shape index (κ3) is 4.47. The van der Waals surface area contributed by atoms with Gasteiger partial charge in [0.15, 0.2) is 6.61 Å². The first kappa shape index (κ1) is 17.2. The Bertz CT molecular complexity index is 906. The second-order valence-corrected chi connectivity index (χ2v) is 5.48. The lowest BCUT2D eigenvalue weighted by Crippen LogP contribution is -2.23. The van der Waals surface area contributed by atoms with Gasteiger partial charge in [-0.2, -0.15) is 0 Å². The number of hydrogen-bond acceptors (Lipinski definition) is 5. The summed E-state index contributed by atoms with van der Waals surface area (Å²) < 4.78 is 10.6. The highest BCUT2D eigenvalue weighted by Gasteiger charge is 2.10. The van der Waals surface area contributed by atoms with Crippen LogP contribution < -0.4 is 15.8 Å². The van der Waals surface area contributed by atoms with E-state index in [1.807, 2.05) is 30.3 Å². The lowest BCUT2D eigenvalue weighted by Gasteiger charge is -2.06. The molecule has 7 nitrogen and oxygen atoms in total. The molecule has 3 aromatic rings. The first-order chi connectivity index (χ1) is 12.6. The molecule has 0 fully saturated rings. The second kappa shape index (κ2) is 7.98. The van der Waals surface area contributed by atoms with Crippen molar-refractivity contribution in [3.8, 4) is 17.2 Å². The van der Waals surface area contributed by atoms with E-state index in [1.165, 1.54) is 12.3 Å². The van der Waals surface area contributed by atoms with Crippen LogP contribution in [0.3, 0.4) is 0 Å². The van der Waals surface area contributed by atoms with E-state index >= 15 is 0 Å². The van der Waals surface area contributed by atoms with Crippen molar-refractivity contribution in [2.24, 2.45) is 5.73 Å². The minimum Gasteiger partial charge on any atom is -0.484 e. The average Bonchev–Trinajstić information content (AvgIpc) is 3.14. The van der Waals surface area contributed by atoms with Crippen LogP contribution in [-0.2, 0) is 11.3 Å². The fraction of sp³-hybridized carbons (Fsp3) is 0.105. The van der Waals surface area contributed by atoms with Crippen molar-refractivity contribution < 1.29 is 18.7 Å². The van der Waals surface area contributed by atoms with Crippen LogP contribution in [0.15, 0.2) is 65.3 Å². The molecule has 7 heteroatoms. The minimum atomic E-state index is -0.583. The maximum Gasteiger partial charge on any atom is 0.255 e. The summed E-state index contributed by atoms with van der Waals surface area (Å²) in [5.74, 6) is 0.0137. The van der Waals surface area contributed by atoms with Gasteiger partial charge in [0, 0.05) is 11.1 Å². The summed E-state index contributed by atoms with van der Waals surface area (Å²) in [6.07, 6.45) is 1.51. The van der Waals surface area contributed by atoms with Crippen LogP contribution in [0.5, 0.6) is 5.75 Å². The van der Waals surface area contributed by atoms with E-state index < -0.39 is 5.91 Å². The van der Waals surface area contributed by atoms with Gasteiger partial charge in [0.05, 0.1) is 12.2 Å². The molecule has 1 heterocycles. The Labute approximate surface area is 149 Å². The van der Waals surface area contributed by atoms with E-state index in [1.54, 1.807) is 18.2 Å². The number of nitrogens with two attached hydrogens (primary N) is 1. The van der Waals surface area contributed by atoms with Crippen LogP contribution >= 0.6 is 0 Å². The number of hydrogen-bond donors (Lipinski definition) is 2. The molecule has 0 aliphatic heterocycles. The molecular formula is C19H17N3O4. The number of benzene rings is 2. The zero-order chi connectivity index (χ0) is 18.4. The van der Waals surface area contributed by atoms with E-state index in [2.05, 4.69) is 10.3 Å². The number of oxazole rings is 1. The fourth-order valence-corrected chi connectivity index (χ4v) is 2.26. The largest absolute Gasteiger partial charge is 0.484 e. The van der Waals surface area contributed by atoms with E-state index in [4.69, 9.17) is 14.9 Å². The van der Waals surface area contributed by atoms with E-state index in [-0.39, 0.29) is 19.1 Å². The summed E-state index contributed by atoms with van der Waals surface area (Å²) in [4.78, 5) is 27.4. The predicted octanol–water partition coefficient (Wildman–Crippen LogP) is 2.14. The van der Waals surface area contributed by atoms with Crippen LogP contribution in [-0.4, -0.2) is 23.4 Å². The molecule has 132 valence electrons. The van der Waals surface area contributed by atoms with Crippen molar-refractivity contribution in [3.63, 3.8) is 0 Å². The Balaban J connectivity index is 1.60. The number of nitrogens with zero attached hydrogens (tertiary/aromatic N) is 1. The van der Waals surface area contributed by atoms with Gasteiger partial charge in [0.25, 0.3) is 11.8 Å². The molecule has 0 aliphatic carbocycles. The summed E-state index contributed by atoms with van der Waals surface area (Å²) in [5.41, 5.74) is 6.91. The van der Waals surface area contributed by atoms with Crippen molar-refractivity contribution in [2.75, 3.05) is 6.61 Å². The summed E-state index contributed by atoms with van der Waals surface area (Å²) in [6.45, 7) is -0.0200. The number of carbonyl (C=O) groups excluding carboxylic acids is 2. The molecule has 3 rings (SSSR count). The third-order valence-corrected chi connectivity index (χ3v) is 3.48. The molecular weight excluding hydrogens is 334 g/mol. The van der Waals surface area contributed by atoms with Crippen LogP contribution in [0.25, 0.3) is 11.5 Å². The first-order valence-corrected chi connectivity index (χ1v) is 7.91. The molecule has 26 heavy (non-hydrogen) atoms. The number of ether oxygens (including phenoxy) is 1. The average molecular weight is 351 g/mol. The van der Waals surface area contributed by atoms with Crippen LogP contribution in [0.1, 0.15) is 16.1 Å².